The number of carbonyl (C=O) groups excluding carboxylic acids is 2. The minimum atomic E-state index is -0.362. The van der Waals surface area contributed by atoms with E-state index < -0.39 is 0 Å². The topological polar surface area (TPSA) is 98.9 Å². The van der Waals surface area contributed by atoms with Crippen molar-refractivity contribution in [3.63, 3.8) is 0 Å². The zero-order valence-corrected chi connectivity index (χ0v) is 15.7. The highest BCUT2D eigenvalue weighted by Gasteiger charge is 2.13. The Morgan fingerprint density at radius 2 is 1.66 bits per heavy atom. The van der Waals surface area contributed by atoms with Crippen LogP contribution in [0.25, 0.3) is 10.9 Å². The third-order valence-corrected chi connectivity index (χ3v) is 4.50. The lowest BCUT2D eigenvalue weighted by molar-refractivity contribution is 0.102. The van der Waals surface area contributed by atoms with Gasteiger partial charge in [0, 0.05) is 22.4 Å². The molecule has 4 aromatic rings. The first-order valence-electron chi connectivity index (χ1n) is 9.07. The molecule has 3 aromatic carbocycles. The van der Waals surface area contributed by atoms with Crippen molar-refractivity contribution in [1.29, 1.82) is 0 Å². The number of urea groups is 1. The van der Waals surface area contributed by atoms with Gasteiger partial charge in [0.15, 0.2) is 0 Å². The SMILES string of the molecule is Cc1ccc(NC(=O)Nc2ccccc2)cc1NC(=O)c1cccc2cn[nH]c12. The summed E-state index contributed by atoms with van der Waals surface area (Å²) in [4.78, 5) is 25.0. The number of nitrogens with zero attached hydrogens (tertiary/aromatic N) is 1. The lowest BCUT2D eigenvalue weighted by atomic mass is 10.1. The van der Waals surface area contributed by atoms with Crippen LogP contribution in [-0.4, -0.2) is 22.1 Å². The third-order valence-electron chi connectivity index (χ3n) is 4.50. The molecule has 0 unspecified atom stereocenters. The predicted octanol–water partition coefficient (Wildman–Crippen LogP) is 4.77. The van der Waals surface area contributed by atoms with E-state index in [1.807, 2.05) is 43.3 Å². The quantitative estimate of drug-likeness (QED) is 0.407. The van der Waals surface area contributed by atoms with E-state index >= 15 is 0 Å². The number of aromatic amines is 1. The summed E-state index contributed by atoms with van der Waals surface area (Å²) in [6.45, 7) is 1.89. The molecule has 0 bridgehead atoms. The van der Waals surface area contributed by atoms with E-state index in [0.717, 1.165) is 10.9 Å². The predicted molar refractivity (Wildman–Crippen MR) is 114 cm³/mol. The first-order valence-corrected chi connectivity index (χ1v) is 9.07. The van der Waals surface area contributed by atoms with Gasteiger partial charge >= 0.3 is 6.03 Å². The Morgan fingerprint density at radius 3 is 2.48 bits per heavy atom. The second-order valence-electron chi connectivity index (χ2n) is 6.57. The molecular weight excluding hydrogens is 366 g/mol. The number of nitrogens with one attached hydrogen (secondary N) is 4. The monoisotopic (exact) mass is 385 g/mol. The van der Waals surface area contributed by atoms with Crippen molar-refractivity contribution < 1.29 is 9.59 Å². The van der Waals surface area contributed by atoms with Gasteiger partial charge in [-0.3, -0.25) is 9.89 Å². The van der Waals surface area contributed by atoms with Crippen molar-refractivity contribution in [2.45, 2.75) is 6.92 Å². The zero-order valence-electron chi connectivity index (χ0n) is 15.7. The summed E-state index contributed by atoms with van der Waals surface area (Å²) in [5.74, 6) is -0.256. The number of anilines is 3. The Kier molecular flexibility index (Phi) is 4.94. The number of hydrogen-bond donors (Lipinski definition) is 4. The standard InChI is InChI=1S/C22H19N5O2/c1-14-10-11-17(25-22(29)24-16-7-3-2-4-8-16)12-19(14)26-21(28)18-9-5-6-15-13-23-27-20(15)18/h2-13H,1H3,(H,23,27)(H,26,28)(H2,24,25,29). The van der Waals surface area contributed by atoms with Crippen molar-refractivity contribution in [3.05, 3.63) is 84.1 Å². The second kappa shape index (κ2) is 7.85. The van der Waals surface area contributed by atoms with E-state index in [0.29, 0.717) is 28.1 Å². The maximum Gasteiger partial charge on any atom is 0.323 e. The molecule has 3 amide bonds. The highest BCUT2D eigenvalue weighted by atomic mass is 16.2. The number of benzene rings is 3. The average Bonchev–Trinajstić information content (AvgIpc) is 3.20. The van der Waals surface area contributed by atoms with E-state index in [9.17, 15) is 9.59 Å². The van der Waals surface area contributed by atoms with Crippen molar-refractivity contribution in [2.75, 3.05) is 16.0 Å². The minimum Gasteiger partial charge on any atom is -0.322 e. The molecular formula is C22H19N5O2. The smallest absolute Gasteiger partial charge is 0.322 e. The normalized spacial score (nSPS) is 10.5. The summed E-state index contributed by atoms with van der Waals surface area (Å²) in [7, 11) is 0. The van der Waals surface area contributed by atoms with E-state index in [1.54, 1.807) is 36.5 Å². The highest BCUT2D eigenvalue weighted by Crippen LogP contribution is 2.23. The molecule has 0 radical (unpaired) electrons. The number of rotatable bonds is 4. The number of aromatic nitrogens is 2. The molecule has 0 aliphatic rings. The molecule has 144 valence electrons. The highest BCUT2D eigenvalue weighted by molar-refractivity contribution is 6.12. The van der Waals surface area contributed by atoms with Crippen LogP contribution in [0.1, 0.15) is 15.9 Å². The fourth-order valence-electron chi connectivity index (χ4n) is 3.00. The summed E-state index contributed by atoms with van der Waals surface area (Å²) in [6.07, 6.45) is 1.67. The van der Waals surface area contributed by atoms with Crippen LogP contribution in [0.4, 0.5) is 21.9 Å². The molecule has 7 nitrogen and oxygen atoms in total. The maximum absolute atomic E-state index is 12.8. The Hall–Kier alpha value is -4.13. The van der Waals surface area contributed by atoms with Crippen LogP contribution >= 0.6 is 0 Å². The third kappa shape index (κ3) is 4.08. The molecule has 29 heavy (non-hydrogen) atoms. The first kappa shape index (κ1) is 18.2. The number of fused-ring (bicyclic) bond motifs is 1. The molecule has 0 aliphatic heterocycles. The number of hydrogen-bond acceptors (Lipinski definition) is 3. The number of aryl methyl sites for hydroxylation is 1. The van der Waals surface area contributed by atoms with Crippen molar-refractivity contribution >= 4 is 39.9 Å². The van der Waals surface area contributed by atoms with Crippen LogP contribution in [0.2, 0.25) is 0 Å². The summed E-state index contributed by atoms with van der Waals surface area (Å²) in [5, 5.41) is 16.2. The molecule has 7 heteroatoms. The summed E-state index contributed by atoms with van der Waals surface area (Å²) >= 11 is 0. The van der Waals surface area contributed by atoms with E-state index in [2.05, 4.69) is 26.1 Å². The van der Waals surface area contributed by atoms with E-state index in [1.165, 1.54) is 0 Å². The number of H-pyrrole nitrogens is 1. The molecule has 4 N–H and O–H groups in total. The van der Waals surface area contributed by atoms with Crippen LogP contribution in [0.3, 0.4) is 0 Å². The van der Waals surface area contributed by atoms with Gasteiger partial charge in [0.1, 0.15) is 0 Å². The minimum absolute atomic E-state index is 0.256. The van der Waals surface area contributed by atoms with Gasteiger partial charge in [-0.05, 0) is 42.8 Å². The van der Waals surface area contributed by atoms with Crippen molar-refractivity contribution in [2.24, 2.45) is 0 Å². The van der Waals surface area contributed by atoms with Crippen LogP contribution < -0.4 is 16.0 Å². The van der Waals surface area contributed by atoms with Crippen LogP contribution in [0.5, 0.6) is 0 Å². The second-order valence-corrected chi connectivity index (χ2v) is 6.57. The molecule has 0 saturated carbocycles. The molecule has 0 aliphatic carbocycles. The summed E-state index contributed by atoms with van der Waals surface area (Å²) in [6, 6.07) is 19.6. The van der Waals surface area contributed by atoms with Gasteiger partial charge in [-0.25, -0.2) is 4.79 Å². The van der Waals surface area contributed by atoms with Gasteiger partial charge in [0.2, 0.25) is 0 Å². The van der Waals surface area contributed by atoms with Crippen LogP contribution in [0.15, 0.2) is 72.9 Å². The Bertz CT molecular complexity index is 1180. The van der Waals surface area contributed by atoms with E-state index in [4.69, 9.17) is 0 Å². The first-order chi connectivity index (χ1) is 14.1. The average molecular weight is 385 g/mol. The zero-order chi connectivity index (χ0) is 20.2. The maximum atomic E-state index is 12.8. The Labute approximate surface area is 167 Å². The summed E-state index contributed by atoms with van der Waals surface area (Å²) < 4.78 is 0. The van der Waals surface area contributed by atoms with Gasteiger partial charge < -0.3 is 16.0 Å². The fourth-order valence-corrected chi connectivity index (χ4v) is 3.00. The van der Waals surface area contributed by atoms with Gasteiger partial charge in [-0.1, -0.05) is 36.4 Å². The Morgan fingerprint density at radius 1 is 0.862 bits per heavy atom. The van der Waals surface area contributed by atoms with Crippen molar-refractivity contribution in [1.82, 2.24) is 10.2 Å². The molecule has 0 spiro atoms. The van der Waals surface area contributed by atoms with Crippen molar-refractivity contribution in [3.8, 4) is 0 Å². The van der Waals surface area contributed by atoms with Crippen LogP contribution in [0, 0.1) is 6.92 Å². The molecule has 1 aromatic heterocycles. The van der Waals surface area contributed by atoms with Crippen LogP contribution in [-0.2, 0) is 0 Å². The molecule has 0 atom stereocenters. The largest absolute Gasteiger partial charge is 0.323 e. The Balaban J connectivity index is 1.50. The fraction of sp³-hybridized carbons (Fsp3) is 0.0455. The molecule has 0 fully saturated rings. The molecule has 1 heterocycles. The number of amides is 3. The van der Waals surface area contributed by atoms with Gasteiger partial charge in [0.25, 0.3) is 5.91 Å². The molecule has 4 rings (SSSR count). The van der Waals surface area contributed by atoms with Gasteiger partial charge in [-0.2, -0.15) is 5.10 Å². The lowest BCUT2D eigenvalue weighted by Crippen LogP contribution is -2.19. The summed E-state index contributed by atoms with van der Waals surface area (Å²) in [5.41, 5.74) is 3.93. The van der Waals surface area contributed by atoms with Gasteiger partial charge in [-0.15, -0.1) is 0 Å². The van der Waals surface area contributed by atoms with E-state index in [-0.39, 0.29) is 11.9 Å². The molecule has 0 saturated heterocycles. The van der Waals surface area contributed by atoms with Gasteiger partial charge in [0.05, 0.1) is 17.3 Å². The lowest BCUT2D eigenvalue weighted by Gasteiger charge is -2.12. The number of carbonyl (C=O) groups is 2. The number of para-hydroxylation sites is 2.